The Morgan fingerprint density at radius 3 is 2.76 bits per heavy atom. The lowest BCUT2D eigenvalue weighted by Crippen LogP contribution is -2.48. The molecular weight excluding hydrogens is 316 g/mol. The van der Waals surface area contributed by atoms with Crippen LogP contribution in [0.1, 0.15) is 22.0 Å². The second-order valence-corrected chi connectivity index (χ2v) is 6.32. The molecule has 25 heavy (non-hydrogen) atoms. The van der Waals surface area contributed by atoms with Gasteiger partial charge >= 0.3 is 0 Å². The van der Waals surface area contributed by atoms with Crippen LogP contribution >= 0.6 is 0 Å². The highest BCUT2D eigenvalue weighted by Crippen LogP contribution is 2.15. The summed E-state index contributed by atoms with van der Waals surface area (Å²) in [6.07, 6.45) is 1.67. The summed E-state index contributed by atoms with van der Waals surface area (Å²) in [7, 11) is 0. The van der Waals surface area contributed by atoms with E-state index in [1.807, 2.05) is 42.2 Å². The number of carbonyl (C=O) groups excluding carboxylic acids is 1. The predicted octanol–water partition coefficient (Wildman–Crippen LogP) is 1.62. The first-order chi connectivity index (χ1) is 12.2. The maximum absolute atomic E-state index is 12.7. The molecule has 0 saturated carbocycles. The van der Waals surface area contributed by atoms with E-state index in [9.17, 15) is 4.79 Å². The van der Waals surface area contributed by atoms with Crippen LogP contribution in [0.5, 0.6) is 0 Å². The van der Waals surface area contributed by atoms with Gasteiger partial charge in [0.2, 0.25) is 0 Å². The lowest BCUT2D eigenvalue weighted by atomic mass is 10.1. The number of carbonyl (C=O) groups is 1. The number of fused-ring (bicyclic) bond motifs is 1. The van der Waals surface area contributed by atoms with Gasteiger partial charge < -0.3 is 4.90 Å². The molecule has 7 heteroatoms. The molecule has 4 rings (SSSR count). The van der Waals surface area contributed by atoms with Gasteiger partial charge in [-0.15, -0.1) is 0 Å². The normalized spacial score (nSPS) is 15.6. The summed E-state index contributed by atoms with van der Waals surface area (Å²) in [5.74, 6) is 1.68. The summed E-state index contributed by atoms with van der Waals surface area (Å²) in [4.78, 5) is 25.6. The van der Waals surface area contributed by atoms with Gasteiger partial charge in [-0.1, -0.05) is 18.2 Å². The van der Waals surface area contributed by atoms with Gasteiger partial charge in [0.1, 0.15) is 5.82 Å². The maximum atomic E-state index is 12.7. The van der Waals surface area contributed by atoms with Crippen molar-refractivity contribution in [2.24, 2.45) is 0 Å². The molecule has 1 fully saturated rings. The van der Waals surface area contributed by atoms with Crippen LogP contribution in [0.25, 0.3) is 10.9 Å². The molecule has 0 unspecified atom stereocenters. The Kier molecular flexibility index (Phi) is 4.15. The molecule has 1 saturated heterocycles. The zero-order chi connectivity index (χ0) is 17.2. The Morgan fingerprint density at radius 2 is 2.00 bits per heavy atom. The number of hydrogen-bond donors (Lipinski definition) is 1. The zero-order valence-corrected chi connectivity index (χ0v) is 14.1. The highest BCUT2D eigenvalue weighted by Gasteiger charge is 2.23. The Morgan fingerprint density at radius 1 is 1.20 bits per heavy atom. The van der Waals surface area contributed by atoms with E-state index in [0.717, 1.165) is 35.6 Å². The van der Waals surface area contributed by atoms with E-state index < -0.39 is 0 Å². The van der Waals surface area contributed by atoms with Gasteiger partial charge in [-0.05, 0) is 19.1 Å². The highest BCUT2D eigenvalue weighted by atomic mass is 16.2. The van der Waals surface area contributed by atoms with Crippen LogP contribution in [0.15, 0.2) is 36.5 Å². The number of para-hydroxylation sites is 1. The SMILES string of the molecule is Cc1nc(CN2CCN(C(=O)c3cnc4ccccc4c3)CC2)n[nH]1. The molecule has 3 heterocycles. The number of pyridine rings is 1. The fourth-order valence-electron chi connectivity index (χ4n) is 3.14. The maximum Gasteiger partial charge on any atom is 0.255 e. The molecule has 0 spiro atoms. The fourth-order valence-corrected chi connectivity index (χ4v) is 3.14. The monoisotopic (exact) mass is 336 g/mol. The van der Waals surface area contributed by atoms with Crippen LogP contribution in [0.2, 0.25) is 0 Å². The second-order valence-electron chi connectivity index (χ2n) is 6.32. The van der Waals surface area contributed by atoms with E-state index in [-0.39, 0.29) is 5.91 Å². The number of aryl methyl sites for hydroxylation is 1. The summed E-state index contributed by atoms with van der Waals surface area (Å²) in [5, 5.41) is 8.03. The van der Waals surface area contributed by atoms with Crippen molar-refractivity contribution in [3.05, 3.63) is 53.7 Å². The van der Waals surface area contributed by atoms with Gasteiger partial charge in [0.15, 0.2) is 5.82 Å². The third kappa shape index (κ3) is 3.36. The summed E-state index contributed by atoms with van der Waals surface area (Å²) in [6.45, 7) is 5.65. The molecule has 1 aliphatic heterocycles. The van der Waals surface area contributed by atoms with E-state index in [1.165, 1.54) is 0 Å². The van der Waals surface area contributed by atoms with Crippen LogP contribution in [0.3, 0.4) is 0 Å². The van der Waals surface area contributed by atoms with Crippen LogP contribution in [0.4, 0.5) is 0 Å². The van der Waals surface area contributed by atoms with Gasteiger partial charge in [0, 0.05) is 37.8 Å². The number of amides is 1. The third-order valence-corrected chi connectivity index (χ3v) is 4.51. The number of hydrogen-bond acceptors (Lipinski definition) is 5. The van der Waals surface area contributed by atoms with E-state index in [0.29, 0.717) is 25.2 Å². The largest absolute Gasteiger partial charge is 0.336 e. The third-order valence-electron chi connectivity index (χ3n) is 4.51. The quantitative estimate of drug-likeness (QED) is 0.786. The first kappa shape index (κ1) is 15.7. The number of H-pyrrole nitrogens is 1. The van der Waals surface area contributed by atoms with Crippen LogP contribution in [-0.2, 0) is 6.54 Å². The molecule has 0 radical (unpaired) electrons. The molecule has 1 N–H and O–H groups in total. The molecule has 2 aromatic heterocycles. The molecule has 1 aliphatic rings. The molecule has 128 valence electrons. The number of benzene rings is 1. The van der Waals surface area contributed by atoms with Crippen molar-refractivity contribution in [2.45, 2.75) is 13.5 Å². The number of aromatic nitrogens is 4. The molecule has 0 bridgehead atoms. The number of rotatable bonds is 3. The van der Waals surface area contributed by atoms with E-state index in [4.69, 9.17) is 0 Å². The lowest BCUT2D eigenvalue weighted by Gasteiger charge is -2.34. The van der Waals surface area contributed by atoms with Crippen molar-refractivity contribution in [3.63, 3.8) is 0 Å². The molecule has 3 aromatic rings. The number of nitrogens with zero attached hydrogens (tertiary/aromatic N) is 5. The Bertz CT molecular complexity index is 897. The van der Waals surface area contributed by atoms with Gasteiger partial charge in [-0.25, -0.2) is 4.98 Å². The molecule has 0 atom stereocenters. The molecular formula is C18H20N6O. The smallest absolute Gasteiger partial charge is 0.255 e. The molecule has 1 aromatic carbocycles. The van der Waals surface area contributed by atoms with Gasteiger partial charge in [-0.2, -0.15) is 5.10 Å². The van der Waals surface area contributed by atoms with E-state index in [2.05, 4.69) is 25.1 Å². The van der Waals surface area contributed by atoms with Gasteiger partial charge in [0.25, 0.3) is 5.91 Å². The van der Waals surface area contributed by atoms with Crippen LogP contribution in [0, 0.1) is 6.92 Å². The lowest BCUT2D eigenvalue weighted by molar-refractivity contribution is 0.0625. The summed E-state index contributed by atoms with van der Waals surface area (Å²) in [5.41, 5.74) is 1.56. The molecule has 7 nitrogen and oxygen atoms in total. The Hall–Kier alpha value is -2.80. The first-order valence-electron chi connectivity index (χ1n) is 8.43. The summed E-state index contributed by atoms with van der Waals surface area (Å²) < 4.78 is 0. The van der Waals surface area contributed by atoms with Crippen molar-refractivity contribution >= 4 is 16.8 Å². The summed E-state index contributed by atoms with van der Waals surface area (Å²) >= 11 is 0. The van der Waals surface area contributed by atoms with E-state index >= 15 is 0 Å². The molecule has 0 aliphatic carbocycles. The Labute approximate surface area is 145 Å². The standard InChI is InChI=1S/C18H20N6O/c1-13-20-17(22-21-13)12-23-6-8-24(9-7-23)18(25)15-10-14-4-2-3-5-16(14)19-11-15/h2-5,10-11H,6-9,12H2,1H3,(H,20,21,22). The minimum atomic E-state index is 0.0478. The number of piperazine rings is 1. The minimum absolute atomic E-state index is 0.0478. The average molecular weight is 336 g/mol. The van der Waals surface area contributed by atoms with Crippen molar-refractivity contribution in [1.29, 1.82) is 0 Å². The highest BCUT2D eigenvalue weighted by molar-refractivity contribution is 5.97. The summed E-state index contributed by atoms with van der Waals surface area (Å²) in [6, 6.07) is 9.77. The fraction of sp³-hybridized carbons (Fsp3) is 0.333. The topological polar surface area (TPSA) is 78.0 Å². The van der Waals surface area contributed by atoms with Crippen molar-refractivity contribution in [3.8, 4) is 0 Å². The minimum Gasteiger partial charge on any atom is -0.336 e. The second kappa shape index (κ2) is 6.60. The van der Waals surface area contributed by atoms with Crippen LogP contribution in [-0.4, -0.2) is 62.1 Å². The van der Waals surface area contributed by atoms with Crippen molar-refractivity contribution < 1.29 is 4.79 Å². The van der Waals surface area contributed by atoms with Crippen molar-refractivity contribution in [1.82, 2.24) is 30.0 Å². The van der Waals surface area contributed by atoms with Gasteiger partial charge in [0.05, 0.1) is 17.6 Å². The molecule has 1 amide bonds. The number of aromatic amines is 1. The average Bonchev–Trinajstić information content (AvgIpc) is 3.06. The van der Waals surface area contributed by atoms with Crippen LogP contribution < -0.4 is 0 Å². The first-order valence-corrected chi connectivity index (χ1v) is 8.43. The zero-order valence-electron chi connectivity index (χ0n) is 14.1. The van der Waals surface area contributed by atoms with Gasteiger partial charge in [-0.3, -0.25) is 19.8 Å². The predicted molar refractivity (Wildman–Crippen MR) is 94.0 cm³/mol. The van der Waals surface area contributed by atoms with Crippen molar-refractivity contribution in [2.75, 3.05) is 26.2 Å². The number of nitrogens with one attached hydrogen (secondary N) is 1. The van der Waals surface area contributed by atoms with E-state index in [1.54, 1.807) is 6.20 Å². The Balaban J connectivity index is 1.40.